The average molecular weight is 208 g/mol. The van der Waals surface area contributed by atoms with Crippen LogP contribution in [0.25, 0.3) is 0 Å². The summed E-state index contributed by atoms with van der Waals surface area (Å²) in [4.78, 5) is 2.65. The number of hydrogen-bond acceptors (Lipinski definition) is 2. The normalized spacial score (nSPS) is 42.3. The summed E-state index contributed by atoms with van der Waals surface area (Å²) in [6.45, 7) is 7.26. The van der Waals surface area contributed by atoms with Gasteiger partial charge >= 0.3 is 0 Å². The van der Waals surface area contributed by atoms with Gasteiger partial charge in [-0.1, -0.05) is 19.1 Å². The van der Waals surface area contributed by atoms with E-state index >= 15 is 0 Å². The highest BCUT2D eigenvalue weighted by atomic mass is 15.2. The Hall–Kier alpha value is -0.340. The molecule has 1 aliphatic carbocycles. The molecular weight excluding hydrogens is 184 g/mol. The number of nitrogens with zero attached hydrogens (tertiary/aromatic N) is 1. The van der Waals surface area contributed by atoms with Crippen LogP contribution in [0.4, 0.5) is 0 Å². The smallest absolute Gasteiger partial charge is 0.0229 e. The predicted octanol–water partition coefficient (Wildman–Crippen LogP) is 2.01. The maximum absolute atomic E-state index is 5.89. The molecule has 0 amide bonds. The third kappa shape index (κ3) is 2.61. The third-order valence-electron chi connectivity index (χ3n) is 4.18. The highest BCUT2D eigenvalue weighted by molar-refractivity contribution is 5.05. The van der Waals surface area contributed by atoms with Crippen molar-refractivity contribution in [2.45, 2.75) is 45.2 Å². The SMILES string of the molecule is CC1CCCN(CC2C=CC(N)C2)C1C. The van der Waals surface area contributed by atoms with Crippen molar-refractivity contribution in [3.05, 3.63) is 12.2 Å². The van der Waals surface area contributed by atoms with Gasteiger partial charge in [0, 0.05) is 18.6 Å². The maximum Gasteiger partial charge on any atom is 0.0229 e. The van der Waals surface area contributed by atoms with Crippen LogP contribution < -0.4 is 5.73 Å². The third-order valence-corrected chi connectivity index (χ3v) is 4.18. The van der Waals surface area contributed by atoms with Crippen LogP contribution in [0.3, 0.4) is 0 Å². The molecule has 1 fully saturated rings. The van der Waals surface area contributed by atoms with Crippen molar-refractivity contribution >= 4 is 0 Å². The lowest BCUT2D eigenvalue weighted by Gasteiger charge is -2.39. The highest BCUT2D eigenvalue weighted by Crippen LogP contribution is 2.26. The summed E-state index contributed by atoms with van der Waals surface area (Å²) < 4.78 is 0. The Morgan fingerprint density at radius 2 is 2.13 bits per heavy atom. The molecule has 2 rings (SSSR count). The maximum atomic E-state index is 5.89. The summed E-state index contributed by atoms with van der Waals surface area (Å²) in [6.07, 6.45) is 8.41. The summed E-state index contributed by atoms with van der Waals surface area (Å²) in [5, 5.41) is 0. The van der Waals surface area contributed by atoms with Crippen LogP contribution in [0.15, 0.2) is 12.2 Å². The van der Waals surface area contributed by atoms with Crippen molar-refractivity contribution in [2.24, 2.45) is 17.6 Å². The fourth-order valence-corrected chi connectivity index (χ4v) is 2.92. The quantitative estimate of drug-likeness (QED) is 0.703. The minimum Gasteiger partial charge on any atom is -0.324 e. The van der Waals surface area contributed by atoms with E-state index in [2.05, 4.69) is 30.9 Å². The monoisotopic (exact) mass is 208 g/mol. The lowest BCUT2D eigenvalue weighted by Crippen LogP contribution is -2.44. The molecule has 0 aromatic heterocycles. The molecule has 4 unspecified atom stereocenters. The van der Waals surface area contributed by atoms with Gasteiger partial charge in [-0.2, -0.15) is 0 Å². The molecule has 15 heavy (non-hydrogen) atoms. The summed E-state index contributed by atoms with van der Waals surface area (Å²) in [5.41, 5.74) is 5.89. The Morgan fingerprint density at radius 3 is 2.80 bits per heavy atom. The van der Waals surface area contributed by atoms with Crippen LogP contribution in [0.5, 0.6) is 0 Å². The first-order valence-electron chi connectivity index (χ1n) is 6.35. The summed E-state index contributed by atoms with van der Waals surface area (Å²) in [5.74, 6) is 1.56. The fourth-order valence-electron chi connectivity index (χ4n) is 2.92. The van der Waals surface area contributed by atoms with E-state index < -0.39 is 0 Å². The number of likely N-dealkylation sites (tertiary alicyclic amines) is 1. The molecule has 1 aliphatic heterocycles. The van der Waals surface area contributed by atoms with E-state index in [1.165, 1.54) is 25.9 Å². The number of piperidine rings is 1. The second-order valence-electron chi connectivity index (χ2n) is 5.40. The molecule has 86 valence electrons. The van der Waals surface area contributed by atoms with Crippen molar-refractivity contribution in [1.82, 2.24) is 4.90 Å². The molecule has 2 N–H and O–H groups in total. The molecule has 0 saturated carbocycles. The standard InChI is InChI=1S/C13H24N2/c1-10-4-3-7-15(11(10)2)9-12-5-6-13(14)8-12/h5-6,10-13H,3-4,7-9,14H2,1-2H3. The molecule has 1 saturated heterocycles. The van der Waals surface area contributed by atoms with Crippen molar-refractivity contribution in [3.8, 4) is 0 Å². The molecule has 0 spiro atoms. The Morgan fingerprint density at radius 1 is 1.33 bits per heavy atom. The van der Waals surface area contributed by atoms with Gasteiger partial charge in [-0.05, 0) is 44.6 Å². The molecule has 0 bridgehead atoms. The molecule has 2 heteroatoms. The van der Waals surface area contributed by atoms with Gasteiger partial charge in [-0.15, -0.1) is 0 Å². The van der Waals surface area contributed by atoms with Gasteiger partial charge in [0.2, 0.25) is 0 Å². The van der Waals surface area contributed by atoms with E-state index in [0.717, 1.165) is 18.4 Å². The van der Waals surface area contributed by atoms with Crippen LogP contribution in [-0.4, -0.2) is 30.1 Å². The first-order valence-corrected chi connectivity index (χ1v) is 6.35. The summed E-state index contributed by atoms with van der Waals surface area (Å²) >= 11 is 0. The molecule has 2 aliphatic rings. The van der Waals surface area contributed by atoms with E-state index in [0.29, 0.717) is 12.0 Å². The Balaban J connectivity index is 1.86. The Bertz CT molecular complexity index is 237. The number of hydrogen-bond donors (Lipinski definition) is 1. The van der Waals surface area contributed by atoms with Crippen LogP contribution in [0.2, 0.25) is 0 Å². The largest absolute Gasteiger partial charge is 0.324 e. The van der Waals surface area contributed by atoms with Gasteiger partial charge in [0.15, 0.2) is 0 Å². The first kappa shape index (κ1) is 11.2. The van der Waals surface area contributed by atoms with E-state index in [1.807, 2.05) is 0 Å². The molecule has 0 aromatic carbocycles. The van der Waals surface area contributed by atoms with Gasteiger partial charge in [-0.3, -0.25) is 4.90 Å². The zero-order chi connectivity index (χ0) is 10.8. The Labute approximate surface area is 93.5 Å². The van der Waals surface area contributed by atoms with Gasteiger partial charge in [0.05, 0.1) is 0 Å². The summed E-state index contributed by atoms with van der Waals surface area (Å²) in [7, 11) is 0. The zero-order valence-electron chi connectivity index (χ0n) is 10.0. The van der Waals surface area contributed by atoms with Gasteiger partial charge in [-0.25, -0.2) is 0 Å². The first-order chi connectivity index (χ1) is 7.16. The van der Waals surface area contributed by atoms with E-state index in [4.69, 9.17) is 5.73 Å². The molecule has 0 aromatic rings. The van der Waals surface area contributed by atoms with E-state index in [9.17, 15) is 0 Å². The molecule has 0 radical (unpaired) electrons. The van der Waals surface area contributed by atoms with E-state index in [-0.39, 0.29) is 0 Å². The van der Waals surface area contributed by atoms with Gasteiger partial charge < -0.3 is 5.73 Å². The highest BCUT2D eigenvalue weighted by Gasteiger charge is 2.27. The van der Waals surface area contributed by atoms with Crippen molar-refractivity contribution in [1.29, 1.82) is 0 Å². The zero-order valence-corrected chi connectivity index (χ0v) is 10.0. The predicted molar refractivity (Wildman–Crippen MR) is 64.7 cm³/mol. The average Bonchev–Trinajstić information content (AvgIpc) is 2.59. The van der Waals surface area contributed by atoms with Crippen molar-refractivity contribution < 1.29 is 0 Å². The fraction of sp³-hybridized carbons (Fsp3) is 0.846. The van der Waals surface area contributed by atoms with E-state index in [1.54, 1.807) is 0 Å². The summed E-state index contributed by atoms with van der Waals surface area (Å²) in [6, 6.07) is 1.07. The second kappa shape index (κ2) is 4.67. The number of nitrogens with two attached hydrogens (primary N) is 1. The lowest BCUT2D eigenvalue weighted by atomic mass is 9.91. The number of rotatable bonds is 2. The molecule has 1 heterocycles. The second-order valence-corrected chi connectivity index (χ2v) is 5.40. The van der Waals surface area contributed by atoms with Crippen LogP contribution in [-0.2, 0) is 0 Å². The topological polar surface area (TPSA) is 29.3 Å². The van der Waals surface area contributed by atoms with Crippen LogP contribution in [0.1, 0.15) is 33.1 Å². The van der Waals surface area contributed by atoms with Crippen molar-refractivity contribution in [2.75, 3.05) is 13.1 Å². The van der Waals surface area contributed by atoms with Crippen LogP contribution in [0, 0.1) is 11.8 Å². The van der Waals surface area contributed by atoms with Gasteiger partial charge in [0.25, 0.3) is 0 Å². The minimum absolute atomic E-state index is 0.313. The molecule has 2 nitrogen and oxygen atoms in total. The van der Waals surface area contributed by atoms with Gasteiger partial charge in [0.1, 0.15) is 0 Å². The lowest BCUT2D eigenvalue weighted by molar-refractivity contribution is 0.102. The minimum atomic E-state index is 0.313. The Kier molecular flexibility index (Phi) is 3.47. The van der Waals surface area contributed by atoms with Crippen molar-refractivity contribution in [3.63, 3.8) is 0 Å². The molecule has 4 atom stereocenters. The van der Waals surface area contributed by atoms with Crippen LogP contribution >= 0.6 is 0 Å². The molecular formula is C13H24N2.